The van der Waals surface area contributed by atoms with Gasteiger partial charge in [-0.2, -0.15) is 0 Å². The number of rotatable bonds is 4. The number of nitrogens with zero attached hydrogens (tertiary/aromatic N) is 1. The number of aromatic nitrogens is 1. The molecule has 1 aliphatic rings. The molecule has 3 rings (SSSR count). The van der Waals surface area contributed by atoms with Crippen molar-refractivity contribution < 1.29 is 9.21 Å². The maximum Gasteiger partial charge on any atom is 0.226 e. The van der Waals surface area contributed by atoms with Gasteiger partial charge in [-0.25, -0.2) is 4.98 Å². The van der Waals surface area contributed by atoms with Crippen molar-refractivity contribution in [2.75, 3.05) is 5.32 Å². The van der Waals surface area contributed by atoms with Crippen molar-refractivity contribution in [2.45, 2.75) is 44.9 Å². The summed E-state index contributed by atoms with van der Waals surface area (Å²) in [4.78, 5) is 17.8. The van der Waals surface area contributed by atoms with Gasteiger partial charge in [-0.3, -0.25) is 4.79 Å². The zero-order valence-corrected chi connectivity index (χ0v) is 12.2. The van der Waals surface area contributed by atoms with Gasteiger partial charge in [0, 0.05) is 17.7 Å². The van der Waals surface area contributed by atoms with Crippen LogP contribution in [0.5, 0.6) is 0 Å². The molecule has 0 radical (unpaired) electrons. The molecule has 5 heteroatoms. The van der Waals surface area contributed by atoms with Gasteiger partial charge in [0.2, 0.25) is 5.91 Å². The number of furan rings is 1. The van der Waals surface area contributed by atoms with Gasteiger partial charge in [0.1, 0.15) is 5.76 Å². The molecule has 1 N–H and O–H groups in total. The predicted molar refractivity (Wildman–Crippen MR) is 79.0 cm³/mol. The van der Waals surface area contributed by atoms with Crippen molar-refractivity contribution in [1.82, 2.24) is 4.98 Å². The van der Waals surface area contributed by atoms with Crippen molar-refractivity contribution in [2.24, 2.45) is 0 Å². The average Bonchev–Trinajstić information content (AvgIpc) is 3.03. The highest BCUT2D eigenvalue weighted by atomic mass is 32.1. The maximum atomic E-state index is 11.9. The number of hydrogen-bond acceptors (Lipinski definition) is 4. The van der Waals surface area contributed by atoms with E-state index in [9.17, 15) is 4.79 Å². The van der Waals surface area contributed by atoms with Crippen LogP contribution in [0.25, 0.3) is 0 Å². The number of nitrogens with one attached hydrogen (secondary N) is 1. The Hall–Kier alpha value is -1.62. The number of hydrogen-bond donors (Lipinski definition) is 1. The van der Waals surface area contributed by atoms with Crippen LogP contribution in [0, 0.1) is 0 Å². The standard InChI is InChI=1S/C15H18N2O2S/c18-14(9-8-11-5-4-10-19-11)17-15-16-12-6-2-1-3-7-13(12)20-15/h4-5,10H,1-3,6-9H2,(H,16,17,18). The van der Waals surface area contributed by atoms with Gasteiger partial charge in [0.15, 0.2) is 5.13 Å². The number of carbonyl (C=O) groups is 1. The average molecular weight is 290 g/mol. The van der Waals surface area contributed by atoms with Crippen molar-refractivity contribution in [3.05, 3.63) is 34.7 Å². The molecule has 0 aliphatic heterocycles. The molecule has 20 heavy (non-hydrogen) atoms. The molecule has 0 spiro atoms. The van der Waals surface area contributed by atoms with Crippen LogP contribution in [0.3, 0.4) is 0 Å². The summed E-state index contributed by atoms with van der Waals surface area (Å²) in [7, 11) is 0. The van der Waals surface area contributed by atoms with Crippen molar-refractivity contribution in [1.29, 1.82) is 0 Å². The first-order chi connectivity index (χ1) is 9.81. The molecule has 0 saturated heterocycles. The molecule has 0 fully saturated rings. The van der Waals surface area contributed by atoms with Crippen LogP contribution >= 0.6 is 11.3 Å². The molecule has 2 heterocycles. The van der Waals surface area contributed by atoms with Crippen LogP contribution in [0.1, 0.15) is 42.0 Å². The molecule has 106 valence electrons. The highest BCUT2D eigenvalue weighted by Gasteiger charge is 2.15. The highest BCUT2D eigenvalue weighted by Crippen LogP contribution is 2.28. The zero-order valence-electron chi connectivity index (χ0n) is 11.4. The molecule has 0 aromatic carbocycles. The molecule has 2 aromatic heterocycles. The zero-order chi connectivity index (χ0) is 13.8. The van der Waals surface area contributed by atoms with Gasteiger partial charge in [-0.15, -0.1) is 11.3 Å². The quantitative estimate of drug-likeness (QED) is 0.876. The summed E-state index contributed by atoms with van der Waals surface area (Å²) in [5.41, 5.74) is 1.19. The Kier molecular flexibility index (Phi) is 4.16. The van der Waals surface area contributed by atoms with Crippen LogP contribution in [-0.2, 0) is 24.1 Å². The summed E-state index contributed by atoms with van der Waals surface area (Å²) in [5.74, 6) is 0.848. The summed E-state index contributed by atoms with van der Waals surface area (Å²) in [5, 5.41) is 3.66. The van der Waals surface area contributed by atoms with Gasteiger partial charge in [0.25, 0.3) is 0 Å². The van der Waals surface area contributed by atoms with E-state index in [0.29, 0.717) is 12.8 Å². The molecule has 1 amide bonds. The fourth-order valence-corrected chi connectivity index (χ4v) is 3.52. The van der Waals surface area contributed by atoms with Gasteiger partial charge in [0.05, 0.1) is 12.0 Å². The summed E-state index contributed by atoms with van der Waals surface area (Å²) in [6, 6.07) is 3.73. The number of anilines is 1. The molecule has 4 nitrogen and oxygen atoms in total. The number of aryl methyl sites for hydroxylation is 3. The van der Waals surface area contributed by atoms with Crippen molar-refractivity contribution in [3.63, 3.8) is 0 Å². The van der Waals surface area contributed by atoms with Gasteiger partial charge in [-0.1, -0.05) is 6.42 Å². The minimum absolute atomic E-state index is 0.00492. The van der Waals surface area contributed by atoms with Crippen molar-refractivity contribution >= 4 is 22.4 Å². The second-order valence-corrected chi connectivity index (χ2v) is 6.16. The first kappa shape index (κ1) is 13.4. The first-order valence-electron chi connectivity index (χ1n) is 7.12. The summed E-state index contributed by atoms with van der Waals surface area (Å²) in [6.45, 7) is 0. The minimum atomic E-state index is 0.00492. The van der Waals surface area contributed by atoms with Gasteiger partial charge < -0.3 is 9.73 Å². The Bertz CT molecular complexity index is 551. The van der Waals surface area contributed by atoms with Crippen LogP contribution in [-0.4, -0.2) is 10.9 Å². The third kappa shape index (κ3) is 3.28. The number of carbonyl (C=O) groups excluding carboxylic acids is 1. The van der Waals surface area contributed by atoms with Crippen LogP contribution in [0.2, 0.25) is 0 Å². The third-order valence-corrected chi connectivity index (χ3v) is 4.59. The molecule has 0 unspecified atom stereocenters. The fourth-order valence-electron chi connectivity index (χ4n) is 2.46. The van der Waals surface area contributed by atoms with E-state index in [0.717, 1.165) is 23.7 Å². The SMILES string of the molecule is O=C(CCc1ccco1)Nc1nc2c(s1)CCCCC2. The fraction of sp³-hybridized carbons (Fsp3) is 0.467. The second kappa shape index (κ2) is 6.22. The lowest BCUT2D eigenvalue weighted by molar-refractivity contribution is -0.116. The Morgan fingerprint density at radius 1 is 1.35 bits per heavy atom. The number of thiazole rings is 1. The number of fused-ring (bicyclic) bond motifs is 1. The Morgan fingerprint density at radius 2 is 2.25 bits per heavy atom. The Morgan fingerprint density at radius 3 is 3.10 bits per heavy atom. The second-order valence-electron chi connectivity index (χ2n) is 5.08. The third-order valence-electron chi connectivity index (χ3n) is 3.52. The minimum Gasteiger partial charge on any atom is -0.469 e. The summed E-state index contributed by atoms with van der Waals surface area (Å²) >= 11 is 1.63. The van der Waals surface area contributed by atoms with Crippen LogP contribution in [0.4, 0.5) is 5.13 Å². The highest BCUT2D eigenvalue weighted by molar-refractivity contribution is 7.15. The van der Waals surface area contributed by atoms with Gasteiger partial charge in [-0.05, 0) is 37.8 Å². The van der Waals surface area contributed by atoms with Crippen LogP contribution < -0.4 is 5.32 Å². The smallest absolute Gasteiger partial charge is 0.226 e. The monoisotopic (exact) mass is 290 g/mol. The van der Waals surface area contributed by atoms with Crippen LogP contribution in [0.15, 0.2) is 22.8 Å². The van der Waals surface area contributed by atoms with E-state index in [1.54, 1.807) is 17.6 Å². The molecule has 2 aromatic rings. The molecule has 0 atom stereocenters. The van der Waals surface area contributed by atoms with E-state index in [-0.39, 0.29) is 5.91 Å². The Balaban J connectivity index is 1.56. The predicted octanol–water partition coefficient (Wildman–Crippen LogP) is 3.58. The van der Waals surface area contributed by atoms with E-state index >= 15 is 0 Å². The lowest BCUT2D eigenvalue weighted by Gasteiger charge is -2.00. The molecular weight excluding hydrogens is 272 g/mol. The molecule has 0 bridgehead atoms. The van der Waals surface area contributed by atoms with E-state index in [1.807, 2.05) is 12.1 Å². The Labute approximate surface area is 122 Å². The molecule has 1 aliphatic carbocycles. The first-order valence-corrected chi connectivity index (χ1v) is 7.94. The van der Waals surface area contributed by atoms with Gasteiger partial charge >= 0.3 is 0 Å². The van der Waals surface area contributed by atoms with E-state index in [4.69, 9.17) is 4.42 Å². The molecular formula is C15H18N2O2S. The van der Waals surface area contributed by atoms with Crippen molar-refractivity contribution in [3.8, 4) is 0 Å². The summed E-state index contributed by atoms with van der Waals surface area (Å²) in [6.07, 6.45) is 8.58. The lowest BCUT2D eigenvalue weighted by Crippen LogP contribution is -2.12. The maximum absolute atomic E-state index is 11.9. The normalized spacial score (nSPS) is 14.6. The largest absolute Gasteiger partial charge is 0.469 e. The number of amides is 1. The summed E-state index contributed by atoms with van der Waals surface area (Å²) < 4.78 is 5.22. The topological polar surface area (TPSA) is 55.1 Å². The lowest BCUT2D eigenvalue weighted by atomic mass is 10.2. The van der Waals surface area contributed by atoms with E-state index in [1.165, 1.54) is 29.8 Å². The van der Waals surface area contributed by atoms with E-state index < -0.39 is 0 Å². The van der Waals surface area contributed by atoms with E-state index in [2.05, 4.69) is 10.3 Å². The molecule has 0 saturated carbocycles.